The molecule has 0 saturated carbocycles. The van der Waals surface area contributed by atoms with E-state index in [0.717, 1.165) is 11.6 Å². The third-order valence-corrected chi connectivity index (χ3v) is 2.23. The van der Waals surface area contributed by atoms with E-state index in [4.69, 9.17) is 5.11 Å². The molecule has 82 valence electrons. The van der Waals surface area contributed by atoms with Crippen molar-refractivity contribution in [2.24, 2.45) is 7.05 Å². The van der Waals surface area contributed by atoms with Crippen LogP contribution in [0.1, 0.15) is 10.4 Å². The van der Waals surface area contributed by atoms with Crippen molar-refractivity contribution in [1.29, 1.82) is 0 Å². The number of hydrogen-bond donors (Lipinski definition) is 1. The molecule has 16 heavy (non-hydrogen) atoms. The van der Waals surface area contributed by atoms with Crippen LogP contribution >= 0.6 is 0 Å². The summed E-state index contributed by atoms with van der Waals surface area (Å²) >= 11 is 0. The van der Waals surface area contributed by atoms with Gasteiger partial charge in [-0.3, -0.25) is 4.68 Å². The summed E-state index contributed by atoms with van der Waals surface area (Å²) in [5, 5.41) is 12.7. The number of aromatic carboxylic acids is 1. The fourth-order valence-corrected chi connectivity index (χ4v) is 1.44. The second kappa shape index (κ2) is 3.77. The van der Waals surface area contributed by atoms with E-state index in [2.05, 4.69) is 5.10 Å². The van der Waals surface area contributed by atoms with Crippen LogP contribution in [0, 0.1) is 5.82 Å². The third-order valence-electron chi connectivity index (χ3n) is 2.23. The summed E-state index contributed by atoms with van der Waals surface area (Å²) in [5.41, 5.74) is 1.05. The predicted octanol–water partition coefficient (Wildman–Crippen LogP) is 1.92. The summed E-state index contributed by atoms with van der Waals surface area (Å²) in [6, 6.07) is 3.97. The van der Waals surface area contributed by atoms with Gasteiger partial charge in [-0.25, -0.2) is 9.18 Å². The zero-order chi connectivity index (χ0) is 11.7. The summed E-state index contributed by atoms with van der Waals surface area (Å²) in [4.78, 5) is 10.7. The molecule has 0 atom stereocenters. The van der Waals surface area contributed by atoms with Gasteiger partial charge in [-0.1, -0.05) is 6.07 Å². The lowest BCUT2D eigenvalue weighted by atomic mass is 10.1. The topological polar surface area (TPSA) is 55.1 Å². The zero-order valence-electron chi connectivity index (χ0n) is 8.51. The Balaban J connectivity index is 2.51. The van der Waals surface area contributed by atoms with Crippen LogP contribution in [0.3, 0.4) is 0 Å². The van der Waals surface area contributed by atoms with Gasteiger partial charge >= 0.3 is 5.97 Å². The van der Waals surface area contributed by atoms with Crippen molar-refractivity contribution in [2.75, 3.05) is 0 Å². The molecule has 1 aromatic heterocycles. The number of carboxylic acids is 1. The highest BCUT2D eigenvalue weighted by atomic mass is 19.1. The smallest absolute Gasteiger partial charge is 0.338 e. The van der Waals surface area contributed by atoms with E-state index in [-0.39, 0.29) is 5.56 Å². The fraction of sp³-hybridized carbons (Fsp3) is 0.0909. The minimum atomic E-state index is -1.27. The highest BCUT2D eigenvalue weighted by Crippen LogP contribution is 2.21. The van der Waals surface area contributed by atoms with Gasteiger partial charge in [0.1, 0.15) is 5.82 Å². The second-order valence-corrected chi connectivity index (χ2v) is 3.40. The molecular formula is C11H9FN2O2. The van der Waals surface area contributed by atoms with Gasteiger partial charge in [-0.15, -0.1) is 0 Å². The number of aromatic nitrogens is 2. The highest BCUT2D eigenvalue weighted by molar-refractivity contribution is 5.89. The monoisotopic (exact) mass is 220 g/mol. The lowest BCUT2D eigenvalue weighted by molar-refractivity contribution is 0.0692. The average molecular weight is 220 g/mol. The fourth-order valence-electron chi connectivity index (χ4n) is 1.44. The Morgan fingerprint density at radius 2 is 2.19 bits per heavy atom. The second-order valence-electron chi connectivity index (χ2n) is 3.40. The predicted molar refractivity (Wildman–Crippen MR) is 55.6 cm³/mol. The summed E-state index contributed by atoms with van der Waals surface area (Å²) in [7, 11) is 1.76. The molecule has 0 bridgehead atoms. The Hall–Kier alpha value is -2.17. The molecule has 0 fully saturated rings. The van der Waals surface area contributed by atoms with E-state index in [1.54, 1.807) is 24.1 Å². The third kappa shape index (κ3) is 1.79. The molecule has 2 aromatic rings. The molecule has 0 spiro atoms. The Bertz CT molecular complexity index is 549. The number of halogens is 1. The first-order valence-electron chi connectivity index (χ1n) is 4.60. The largest absolute Gasteiger partial charge is 0.478 e. The van der Waals surface area contributed by atoms with Gasteiger partial charge in [0.05, 0.1) is 11.8 Å². The maximum Gasteiger partial charge on any atom is 0.338 e. The van der Waals surface area contributed by atoms with Gasteiger partial charge in [0.25, 0.3) is 0 Å². The number of hydrogen-bond acceptors (Lipinski definition) is 2. The Labute approximate surface area is 90.9 Å². The standard InChI is InChI=1S/C11H9FN2O2/c1-14-6-8(5-13-14)7-2-3-10(12)9(4-7)11(15)16/h2-6H,1H3,(H,15,16). The number of rotatable bonds is 2. The normalized spacial score (nSPS) is 10.4. The van der Waals surface area contributed by atoms with E-state index < -0.39 is 11.8 Å². The van der Waals surface area contributed by atoms with Crippen LogP contribution < -0.4 is 0 Å². The first-order chi connectivity index (χ1) is 7.58. The highest BCUT2D eigenvalue weighted by Gasteiger charge is 2.11. The minimum Gasteiger partial charge on any atom is -0.478 e. The van der Waals surface area contributed by atoms with Crippen molar-refractivity contribution < 1.29 is 14.3 Å². The van der Waals surface area contributed by atoms with E-state index in [0.29, 0.717) is 5.56 Å². The first-order valence-corrected chi connectivity index (χ1v) is 4.60. The molecule has 4 nitrogen and oxygen atoms in total. The Morgan fingerprint density at radius 1 is 1.44 bits per heavy atom. The molecule has 0 unspecified atom stereocenters. The van der Waals surface area contributed by atoms with Crippen LogP contribution in [0.15, 0.2) is 30.6 Å². The van der Waals surface area contributed by atoms with Crippen molar-refractivity contribution in [3.05, 3.63) is 42.0 Å². The van der Waals surface area contributed by atoms with Gasteiger partial charge in [-0.05, 0) is 17.7 Å². The van der Waals surface area contributed by atoms with Gasteiger partial charge in [0, 0.05) is 18.8 Å². The molecule has 0 aliphatic rings. The molecule has 0 aliphatic heterocycles. The maximum atomic E-state index is 13.1. The molecular weight excluding hydrogens is 211 g/mol. The van der Waals surface area contributed by atoms with Crippen molar-refractivity contribution in [2.45, 2.75) is 0 Å². The molecule has 5 heteroatoms. The van der Waals surface area contributed by atoms with Crippen molar-refractivity contribution in [3.8, 4) is 11.1 Å². The molecule has 2 rings (SSSR count). The number of benzene rings is 1. The van der Waals surface area contributed by atoms with Crippen molar-refractivity contribution in [1.82, 2.24) is 9.78 Å². The molecule has 0 amide bonds. The molecule has 0 saturated heterocycles. The van der Waals surface area contributed by atoms with Crippen LogP contribution in [0.5, 0.6) is 0 Å². The van der Waals surface area contributed by atoms with E-state index in [1.807, 2.05) is 0 Å². The molecule has 0 radical (unpaired) electrons. The summed E-state index contributed by atoms with van der Waals surface area (Å²) < 4.78 is 14.7. The van der Waals surface area contributed by atoms with Gasteiger partial charge < -0.3 is 5.11 Å². The van der Waals surface area contributed by atoms with E-state index >= 15 is 0 Å². The Kier molecular flexibility index (Phi) is 2.44. The van der Waals surface area contributed by atoms with Crippen LogP contribution in [0.2, 0.25) is 0 Å². The van der Waals surface area contributed by atoms with Gasteiger partial charge in [-0.2, -0.15) is 5.10 Å². The van der Waals surface area contributed by atoms with Gasteiger partial charge in [0.2, 0.25) is 0 Å². The number of aryl methyl sites for hydroxylation is 1. The molecule has 1 N–H and O–H groups in total. The average Bonchev–Trinajstić information content (AvgIpc) is 2.65. The quantitative estimate of drug-likeness (QED) is 0.841. The van der Waals surface area contributed by atoms with Crippen LogP contribution in [-0.2, 0) is 7.05 Å². The van der Waals surface area contributed by atoms with E-state index in [1.165, 1.54) is 12.1 Å². The lowest BCUT2D eigenvalue weighted by Gasteiger charge is -2.01. The molecule has 0 aliphatic carbocycles. The van der Waals surface area contributed by atoms with Crippen LogP contribution in [0.4, 0.5) is 4.39 Å². The summed E-state index contributed by atoms with van der Waals surface area (Å²) in [6.07, 6.45) is 3.33. The van der Waals surface area contributed by atoms with Crippen LogP contribution in [-0.4, -0.2) is 20.9 Å². The first kappa shape index (κ1) is 10.4. The minimum absolute atomic E-state index is 0.332. The molecule has 1 aromatic carbocycles. The van der Waals surface area contributed by atoms with E-state index in [9.17, 15) is 9.18 Å². The zero-order valence-corrected chi connectivity index (χ0v) is 8.51. The number of carbonyl (C=O) groups is 1. The van der Waals surface area contributed by atoms with Crippen LogP contribution in [0.25, 0.3) is 11.1 Å². The SMILES string of the molecule is Cn1cc(-c2ccc(F)c(C(=O)O)c2)cn1. The van der Waals surface area contributed by atoms with Crippen molar-refractivity contribution >= 4 is 5.97 Å². The lowest BCUT2D eigenvalue weighted by Crippen LogP contribution is -2.00. The summed E-state index contributed by atoms with van der Waals surface area (Å²) in [6.45, 7) is 0. The van der Waals surface area contributed by atoms with Gasteiger partial charge in [0.15, 0.2) is 0 Å². The maximum absolute atomic E-state index is 13.1. The number of carboxylic acid groups (broad SMARTS) is 1. The van der Waals surface area contributed by atoms with Crippen molar-refractivity contribution in [3.63, 3.8) is 0 Å². The number of nitrogens with zero attached hydrogens (tertiary/aromatic N) is 2. The summed E-state index contributed by atoms with van der Waals surface area (Å²) in [5.74, 6) is -2.01. The Morgan fingerprint density at radius 3 is 2.75 bits per heavy atom. The molecule has 1 heterocycles.